The van der Waals surface area contributed by atoms with Crippen LogP contribution in [0.4, 0.5) is 5.69 Å². The summed E-state index contributed by atoms with van der Waals surface area (Å²) < 4.78 is 1.91. The second-order valence-electron chi connectivity index (χ2n) is 4.97. The SMILES string of the molecule is Cc1cn(-c2cc(N)cc(C(C)(C)C#N)c2)cn1. The zero-order chi connectivity index (χ0) is 13.3. The van der Waals surface area contributed by atoms with Gasteiger partial charge in [-0.3, -0.25) is 0 Å². The molecule has 2 aromatic rings. The predicted octanol–water partition coefficient (Wildman–Crippen LogP) is 2.56. The largest absolute Gasteiger partial charge is 0.399 e. The van der Waals surface area contributed by atoms with Gasteiger partial charge in [0, 0.05) is 17.6 Å². The van der Waals surface area contributed by atoms with Crippen molar-refractivity contribution in [2.45, 2.75) is 26.2 Å². The number of nitrogens with two attached hydrogens (primary N) is 1. The molecule has 0 radical (unpaired) electrons. The molecule has 1 heterocycles. The van der Waals surface area contributed by atoms with E-state index in [0.717, 1.165) is 16.9 Å². The Kier molecular flexibility index (Phi) is 2.84. The van der Waals surface area contributed by atoms with E-state index >= 15 is 0 Å². The molecule has 0 aliphatic carbocycles. The summed E-state index contributed by atoms with van der Waals surface area (Å²) in [6.45, 7) is 5.69. The van der Waals surface area contributed by atoms with Gasteiger partial charge in [0.25, 0.3) is 0 Å². The first-order chi connectivity index (χ1) is 8.42. The minimum Gasteiger partial charge on any atom is -0.399 e. The summed E-state index contributed by atoms with van der Waals surface area (Å²) >= 11 is 0. The molecule has 0 aliphatic rings. The molecule has 0 aliphatic heterocycles. The van der Waals surface area contributed by atoms with E-state index in [1.165, 1.54) is 0 Å². The highest BCUT2D eigenvalue weighted by Crippen LogP contribution is 2.27. The number of hydrogen-bond acceptors (Lipinski definition) is 3. The van der Waals surface area contributed by atoms with E-state index < -0.39 is 5.41 Å². The van der Waals surface area contributed by atoms with Gasteiger partial charge in [-0.2, -0.15) is 5.26 Å². The van der Waals surface area contributed by atoms with E-state index in [1.807, 2.05) is 49.7 Å². The van der Waals surface area contributed by atoms with Crippen LogP contribution in [0.25, 0.3) is 5.69 Å². The first-order valence-corrected chi connectivity index (χ1v) is 5.75. The van der Waals surface area contributed by atoms with Crippen LogP contribution in [-0.4, -0.2) is 9.55 Å². The number of aryl methyl sites for hydroxylation is 1. The Morgan fingerprint density at radius 3 is 2.61 bits per heavy atom. The number of nitrogen functional groups attached to an aromatic ring is 1. The number of aromatic nitrogens is 2. The molecule has 18 heavy (non-hydrogen) atoms. The van der Waals surface area contributed by atoms with Crippen LogP contribution in [0, 0.1) is 18.3 Å². The van der Waals surface area contributed by atoms with Crippen molar-refractivity contribution in [2.24, 2.45) is 0 Å². The van der Waals surface area contributed by atoms with Gasteiger partial charge >= 0.3 is 0 Å². The third-order valence-electron chi connectivity index (χ3n) is 2.95. The Morgan fingerprint density at radius 2 is 2.06 bits per heavy atom. The summed E-state index contributed by atoms with van der Waals surface area (Å²) in [6, 6.07) is 7.98. The van der Waals surface area contributed by atoms with Crippen molar-refractivity contribution >= 4 is 5.69 Å². The molecular weight excluding hydrogens is 224 g/mol. The lowest BCUT2D eigenvalue weighted by molar-refractivity contribution is 0.686. The Morgan fingerprint density at radius 1 is 1.33 bits per heavy atom. The molecule has 0 atom stereocenters. The molecule has 0 unspecified atom stereocenters. The van der Waals surface area contributed by atoms with Gasteiger partial charge in [-0.05, 0) is 44.5 Å². The van der Waals surface area contributed by atoms with Gasteiger partial charge in [0.2, 0.25) is 0 Å². The highest BCUT2D eigenvalue weighted by Gasteiger charge is 2.20. The Balaban J connectivity index is 2.55. The molecule has 1 aromatic carbocycles. The number of imidazole rings is 1. The van der Waals surface area contributed by atoms with Crippen molar-refractivity contribution < 1.29 is 0 Å². The maximum Gasteiger partial charge on any atom is 0.0995 e. The van der Waals surface area contributed by atoms with Crippen LogP contribution in [0.1, 0.15) is 25.1 Å². The summed E-state index contributed by atoms with van der Waals surface area (Å²) in [5.74, 6) is 0. The van der Waals surface area contributed by atoms with Crippen molar-refractivity contribution in [2.75, 3.05) is 5.73 Å². The molecule has 0 fully saturated rings. The van der Waals surface area contributed by atoms with Crippen molar-refractivity contribution in [3.05, 3.63) is 42.0 Å². The molecule has 4 heteroatoms. The molecule has 0 bridgehead atoms. The molecular formula is C14H16N4. The standard InChI is InChI=1S/C14H16N4/c1-10-7-18(9-17-10)13-5-11(4-12(16)6-13)14(2,3)8-15/h4-7,9H,16H2,1-3H3. The Labute approximate surface area is 107 Å². The number of hydrogen-bond donors (Lipinski definition) is 1. The van der Waals surface area contributed by atoms with Crippen molar-refractivity contribution in [3.8, 4) is 11.8 Å². The number of benzene rings is 1. The quantitative estimate of drug-likeness (QED) is 0.820. The Hall–Kier alpha value is -2.28. The monoisotopic (exact) mass is 240 g/mol. The van der Waals surface area contributed by atoms with E-state index in [9.17, 15) is 5.26 Å². The van der Waals surface area contributed by atoms with Crippen LogP contribution in [-0.2, 0) is 5.41 Å². The third-order valence-corrected chi connectivity index (χ3v) is 2.95. The van der Waals surface area contributed by atoms with Gasteiger partial charge in [0.15, 0.2) is 0 Å². The summed E-state index contributed by atoms with van der Waals surface area (Å²) in [5, 5.41) is 9.19. The lowest BCUT2D eigenvalue weighted by atomic mass is 9.86. The lowest BCUT2D eigenvalue weighted by Crippen LogP contribution is -2.14. The number of anilines is 1. The average molecular weight is 240 g/mol. The highest BCUT2D eigenvalue weighted by molar-refractivity contribution is 5.53. The minimum absolute atomic E-state index is 0.556. The zero-order valence-corrected chi connectivity index (χ0v) is 10.8. The molecule has 0 amide bonds. The normalized spacial score (nSPS) is 11.2. The third kappa shape index (κ3) is 2.21. The van der Waals surface area contributed by atoms with E-state index in [4.69, 9.17) is 5.73 Å². The number of rotatable bonds is 2. The second kappa shape index (κ2) is 4.19. The summed E-state index contributed by atoms with van der Waals surface area (Å²) in [7, 11) is 0. The minimum atomic E-state index is -0.556. The fraction of sp³-hybridized carbons (Fsp3) is 0.286. The van der Waals surface area contributed by atoms with Crippen LogP contribution in [0.5, 0.6) is 0 Å². The van der Waals surface area contributed by atoms with Crippen molar-refractivity contribution in [3.63, 3.8) is 0 Å². The molecule has 4 nitrogen and oxygen atoms in total. The summed E-state index contributed by atoms with van der Waals surface area (Å²) in [5.41, 5.74) is 8.78. The zero-order valence-electron chi connectivity index (χ0n) is 10.8. The van der Waals surface area contributed by atoms with Gasteiger partial charge in [0.05, 0.1) is 23.5 Å². The molecule has 0 saturated heterocycles. The number of nitriles is 1. The second-order valence-corrected chi connectivity index (χ2v) is 4.97. The first-order valence-electron chi connectivity index (χ1n) is 5.75. The molecule has 2 N–H and O–H groups in total. The fourth-order valence-electron chi connectivity index (χ4n) is 1.77. The average Bonchev–Trinajstić information content (AvgIpc) is 2.75. The maximum absolute atomic E-state index is 9.19. The van der Waals surface area contributed by atoms with Crippen LogP contribution in [0.2, 0.25) is 0 Å². The smallest absolute Gasteiger partial charge is 0.0995 e. The van der Waals surface area contributed by atoms with Crippen molar-refractivity contribution in [1.82, 2.24) is 9.55 Å². The molecule has 0 spiro atoms. The molecule has 92 valence electrons. The van der Waals surface area contributed by atoms with Crippen LogP contribution >= 0.6 is 0 Å². The first kappa shape index (κ1) is 12.2. The number of nitrogens with zero attached hydrogens (tertiary/aromatic N) is 3. The van der Waals surface area contributed by atoms with E-state index in [1.54, 1.807) is 6.33 Å². The summed E-state index contributed by atoms with van der Waals surface area (Å²) in [4.78, 5) is 4.19. The van der Waals surface area contributed by atoms with E-state index in [0.29, 0.717) is 5.69 Å². The molecule has 1 aromatic heterocycles. The van der Waals surface area contributed by atoms with Crippen LogP contribution in [0.15, 0.2) is 30.7 Å². The Bertz CT molecular complexity index is 617. The van der Waals surface area contributed by atoms with Gasteiger partial charge in [-0.15, -0.1) is 0 Å². The molecule has 2 rings (SSSR count). The van der Waals surface area contributed by atoms with Gasteiger partial charge in [-0.1, -0.05) is 0 Å². The van der Waals surface area contributed by atoms with Crippen molar-refractivity contribution in [1.29, 1.82) is 5.26 Å². The topological polar surface area (TPSA) is 67.6 Å². The van der Waals surface area contributed by atoms with E-state index in [-0.39, 0.29) is 0 Å². The molecule has 0 saturated carbocycles. The van der Waals surface area contributed by atoms with Gasteiger partial charge in [-0.25, -0.2) is 4.98 Å². The highest BCUT2D eigenvalue weighted by atomic mass is 15.0. The maximum atomic E-state index is 9.19. The fourth-order valence-corrected chi connectivity index (χ4v) is 1.77. The summed E-state index contributed by atoms with van der Waals surface area (Å²) in [6.07, 6.45) is 3.67. The van der Waals surface area contributed by atoms with Crippen LogP contribution < -0.4 is 5.73 Å². The lowest BCUT2D eigenvalue weighted by Gasteiger charge is -2.18. The predicted molar refractivity (Wildman–Crippen MR) is 71.4 cm³/mol. The van der Waals surface area contributed by atoms with Crippen LogP contribution in [0.3, 0.4) is 0 Å². The van der Waals surface area contributed by atoms with Gasteiger partial charge < -0.3 is 10.3 Å². The van der Waals surface area contributed by atoms with E-state index in [2.05, 4.69) is 11.1 Å². The van der Waals surface area contributed by atoms with Gasteiger partial charge in [0.1, 0.15) is 0 Å².